The number of hydrogen-bond donors (Lipinski definition) is 4. The Morgan fingerprint density at radius 1 is 1.11 bits per heavy atom. The van der Waals surface area contributed by atoms with E-state index in [1.807, 2.05) is 13.8 Å². The Labute approximate surface area is 269 Å². The van der Waals surface area contributed by atoms with Crippen LogP contribution in [0.25, 0.3) is 0 Å². The number of benzene rings is 2. The van der Waals surface area contributed by atoms with Crippen molar-refractivity contribution in [2.24, 2.45) is 0 Å². The van der Waals surface area contributed by atoms with Gasteiger partial charge in [-0.15, -0.1) is 0 Å². The van der Waals surface area contributed by atoms with Crippen molar-refractivity contribution in [3.05, 3.63) is 51.6 Å². The Balaban J connectivity index is 1.28. The molecule has 4 N–H and O–H groups in total. The highest BCUT2D eigenvalue weighted by molar-refractivity contribution is 6.31. The molecule has 2 aromatic rings. The van der Waals surface area contributed by atoms with E-state index in [1.165, 1.54) is 25.3 Å². The highest BCUT2D eigenvalue weighted by Gasteiger charge is 2.55. The Morgan fingerprint density at radius 3 is 2.60 bits per heavy atom. The maximum absolute atomic E-state index is 13.9. The smallest absolute Gasteiger partial charge is 0.202 e. The molecule has 0 unspecified atom stereocenters. The predicted molar refractivity (Wildman–Crippen MR) is 158 cm³/mol. The molecule has 3 aliphatic heterocycles. The molecule has 3 fully saturated rings. The molecular formula is C33H37NO13. The lowest BCUT2D eigenvalue weighted by Crippen LogP contribution is -2.55. The number of hydrogen-bond acceptors (Lipinski definition) is 14. The molecule has 0 saturated carbocycles. The maximum atomic E-state index is 13.9. The Hall–Kier alpha value is -3.47. The van der Waals surface area contributed by atoms with Crippen molar-refractivity contribution in [3.8, 4) is 17.2 Å². The summed E-state index contributed by atoms with van der Waals surface area (Å²) in [5.41, 5.74) is -3.42. The number of methoxy groups -OCH3 is 1. The highest BCUT2D eigenvalue weighted by Crippen LogP contribution is 2.53. The van der Waals surface area contributed by atoms with Crippen molar-refractivity contribution in [2.75, 3.05) is 33.5 Å². The third kappa shape index (κ3) is 4.89. The second kappa shape index (κ2) is 11.9. The van der Waals surface area contributed by atoms with Gasteiger partial charge in [0.2, 0.25) is 5.78 Å². The van der Waals surface area contributed by atoms with Gasteiger partial charge in [0.25, 0.3) is 0 Å². The van der Waals surface area contributed by atoms with E-state index in [-0.39, 0.29) is 40.1 Å². The van der Waals surface area contributed by atoms with Gasteiger partial charge in [0.1, 0.15) is 35.6 Å². The normalized spacial score (nSPS) is 33.0. The summed E-state index contributed by atoms with van der Waals surface area (Å²) < 4.78 is 35.8. The largest absolute Gasteiger partial charge is 0.507 e. The topological polar surface area (TPSA) is 191 Å². The van der Waals surface area contributed by atoms with Crippen LogP contribution in [0.3, 0.4) is 0 Å². The molecule has 14 heteroatoms. The van der Waals surface area contributed by atoms with Gasteiger partial charge in [-0.2, -0.15) is 0 Å². The van der Waals surface area contributed by atoms with E-state index in [0.29, 0.717) is 26.2 Å². The molecule has 47 heavy (non-hydrogen) atoms. The number of morpholine rings is 1. The van der Waals surface area contributed by atoms with Gasteiger partial charge in [-0.1, -0.05) is 12.1 Å². The molecule has 7 rings (SSSR count). The fourth-order valence-electron chi connectivity index (χ4n) is 7.80. The molecule has 0 bridgehead atoms. The highest BCUT2D eigenvalue weighted by atomic mass is 16.7. The summed E-state index contributed by atoms with van der Waals surface area (Å²) in [6.45, 7) is 4.14. The van der Waals surface area contributed by atoms with Crippen molar-refractivity contribution in [1.82, 2.24) is 4.90 Å². The summed E-state index contributed by atoms with van der Waals surface area (Å²) in [6, 6.07) is 4.27. The zero-order valence-electron chi connectivity index (χ0n) is 26.1. The third-order valence-electron chi connectivity index (χ3n) is 9.94. The molecule has 3 saturated heterocycles. The summed E-state index contributed by atoms with van der Waals surface area (Å²) in [6.07, 6.45) is -4.77. The lowest BCUT2D eigenvalue weighted by molar-refractivity contribution is -0.260. The summed E-state index contributed by atoms with van der Waals surface area (Å²) in [4.78, 5) is 42.7. The molecule has 8 atom stereocenters. The predicted octanol–water partition coefficient (Wildman–Crippen LogP) is 1.10. The number of Topliss-reactive ketones (excluding diaryl/α,β-unsaturated/α-hetero) is 1. The number of rotatable bonds is 7. The van der Waals surface area contributed by atoms with Crippen LogP contribution >= 0.6 is 0 Å². The van der Waals surface area contributed by atoms with Crippen molar-refractivity contribution in [1.29, 1.82) is 0 Å². The summed E-state index contributed by atoms with van der Waals surface area (Å²) in [5, 5.41) is 44.6. The minimum absolute atomic E-state index is 0.0345. The molecule has 3 heterocycles. The van der Waals surface area contributed by atoms with Gasteiger partial charge in [0.15, 0.2) is 30.4 Å². The van der Waals surface area contributed by atoms with Gasteiger partial charge in [0, 0.05) is 55.1 Å². The van der Waals surface area contributed by atoms with Gasteiger partial charge in [0.05, 0.1) is 42.6 Å². The van der Waals surface area contributed by atoms with Crippen LogP contribution in [0, 0.1) is 0 Å². The lowest BCUT2D eigenvalue weighted by Gasteiger charge is -2.43. The minimum Gasteiger partial charge on any atom is -0.507 e. The van der Waals surface area contributed by atoms with Crippen molar-refractivity contribution in [2.45, 2.75) is 81.9 Å². The van der Waals surface area contributed by atoms with Gasteiger partial charge >= 0.3 is 0 Å². The van der Waals surface area contributed by atoms with Gasteiger partial charge in [-0.3, -0.25) is 19.3 Å². The van der Waals surface area contributed by atoms with Crippen LogP contribution in [0.15, 0.2) is 18.2 Å². The SMILES string of the molecule is CCO[C@H]1OCCN2[C@@H]1O[C@@H]1[C@H](C)O[C@@H](O[C@H]3C[C@](O)(C(=O)CO)Cc4c(O)c5c(c(O)c43)C(=O)c3c(OC)cccc3C5=O)C[C@@H]12. The first-order valence-electron chi connectivity index (χ1n) is 15.7. The maximum Gasteiger partial charge on any atom is 0.202 e. The number of carbonyl (C=O) groups excluding carboxylic acids is 3. The van der Waals surface area contributed by atoms with E-state index in [4.69, 9.17) is 28.4 Å². The molecule has 2 aromatic carbocycles. The van der Waals surface area contributed by atoms with E-state index < -0.39 is 96.0 Å². The van der Waals surface area contributed by atoms with Crippen LogP contribution in [0.2, 0.25) is 0 Å². The third-order valence-corrected chi connectivity index (χ3v) is 9.94. The number of phenolic OH excluding ortho intramolecular Hbond substituents is 2. The first kappa shape index (κ1) is 32.1. The summed E-state index contributed by atoms with van der Waals surface area (Å²) >= 11 is 0. The van der Waals surface area contributed by atoms with E-state index in [1.54, 1.807) is 0 Å². The average Bonchev–Trinajstić information content (AvgIpc) is 3.44. The molecule has 14 nitrogen and oxygen atoms in total. The van der Waals surface area contributed by atoms with E-state index in [2.05, 4.69) is 4.90 Å². The van der Waals surface area contributed by atoms with Crippen LogP contribution in [0.5, 0.6) is 17.2 Å². The number of aromatic hydroxyl groups is 2. The van der Waals surface area contributed by atoms with E-state index in [0.717, 1.165) is 0 Å². The zero-order valence-corrected chi connectivity index (χ0v) is 26.1. The second-order valence-electron chi connectivity index (χ2n) is 12.5. The second-order valence-corrected chi connectivity index (χ2v) is 12.5. The Bertz CT molecular complexity index is 1640. The fourth-order valence-corrected chi connectivity index (χ4v) is 7.80. The number of carbonyl (C=O) groups is 3. The quantitative estimate of drug-likeness (QED) is 0.265. The van der Waals surface area contributed by atoms with Gasteiger partial charge < -0.3 is 48.8 Å². The van der Waals surface area contributed by atoms with E-state index in [9.17, 15) is 34.8 Å². The van der Waals surface area contributed by atoms with Crippen LogP contribution in [-0.4, -0.2) is 119 Å². The zero-order chi connectivity index (χ0) is 33.4. The Kier molecular flexibility index (Phi) is 8.12. The molecule has 252 valence electrons. The van der Waals surface area contributed by atoms with Crippen molar-refractivity contribution >= 4 is 17.3 Å². The summed E-state index contributed by atoms with van der Waals surface area (Å²) in [7, 11) is 1.34. The Morgan fingerprint density at radius 2 is 1.87 bits per heavy atom. The minimum atomic E-state index is -2.23. The molecule has 2 aliphatic carbocycles. The average molecular weight is 656 g/mol. The number of fused-ring (bicyclic) bond motifs is 6. The first-order valence-corrected chi connectivity index (χ1v) is 15.7. The van der Waals surface area contributed by atoms with Crippen molar-refractivity contribution in [3.63, 3.8) is 0 Å². The van der Waals surface area contributed by atoms with Crippen LogP contribution in [-0.2, 0) is 34.9 Å². The van der Waals surface area contributed by atoms with E-state index >= 15 is 0 Å². The van der Waals surface area contributed by atoms with Crippen molar-refractivity contribution < 1.29 is 63.2 Å². The van der Waals surface area contributed by atoms with Gasteiger partial charge in [-0.25, -0.2) is 0 Å². The standard InChI is InChI=1S/C33H37NO13/c1-4-43-32-31-34(8-9-44-32)17-10-21(45-14(2)30(17)47-31)46-19-12-33(41,20(36)13-35)11-16-23(19)29(40)25-24(27(16)38)26(37)15-6-5-7-18(42-3)22(15)28(25)39/h5-7,14,17,19,21,30-32,35,38,40-41H,4,8-13H2,1-3H3/t14-,17-,19-,21-,30+,31+,32-,33-/m0/s1. The fraction of sp³-hybridized carbons (Fsp3) is 0.545. The number of aliphatic hydroxyl groups is 2. The lowest BCUT2D eigenvalue weighted by atomic mass is 9.72. The summed E-state index contributed by atoms with van der Waals surface area (Å²) in [5.74, 6) is -3.60. The molecular weight excluding hydrogens is 618 g/mol. The molecule has 5 aliphatic rings. The number of aliphatic hydroxyl groups excluding tert-OH is 1. The van der Waals surface area contributed by atoms with Crippen LogP contribution in [0.1, 0.15) is 75.8 Å². The van der Waals surface area contributed by atoms with Gasteiger partial charge in [-0.05, 0) is 19.9 Å². The number of phenols is 2. The number of nitrogens with zero attached hydrogens (tertiary/aromatic N) is 1. The van der Waals surface area contributed by atoms with Crippen LogP contribution < -0.4 is 4.74 Å². The van der Waals surface area contributed by atoms with Crippen LogP contribution in [0.4, 0.5) is 0 Å². The number of ketones is 3. The molecule has 0 amide bonds. The number of ether oxygens (including phenoxy) is 6. The monoisotopic (exact) mass is 655 g/mol. The molecule has 0 spiro atoms. The molecule has 0 aromatic heterocycles. The molecule has 0 radical (unpaired) electrons. The first-order chi connectivity index (χ1) is 22.5.